The Morgan fingerprint density at radius 1 is 0.893 bits per heavy atom. The monoisotopic (exact) mass is 441 g/mol. The predicted octanol–water partition coefficient (Wildman–Crippen LogP) is 5.30. The first-order valence-electron chi connectivity index (χ1n) is 8.61. The highest BCUT2D eigenvalue weighted by molar-refractivity contribution is 9.10. The van der Waals surface area contributed by atoms with Crippen molar-refractivity contribution in [3.05, 3.63) is 82.3 Å². The third kappa shape index (κ3) is 4.64. The third-order valence-electron chi connectivity index (χ3n) is 4.12. The van der Waals surface area contributed by atoms with Crippen LogP contribution in [0.25, 0.3) is 0 Å². The fourth-order valence-electron chi connectivity index (χ4n) is 2.68. The van der Waals surface area contributed by atoms with Crippen molar-refractivity contribution in [1.82, 2.24) is 0 Å². The number of carbonyl (C=O) groups is 1. The summed E-state index contributed by atoms with van der Waals surface area (Å²) in [6.07, 6.45) is 0. The molecule has 0 fully saturated rings. The van der Waals surface area contributed by atoms with E-state index in [1.54, 1.807) is 32.4 Å². The highest BCUT2D eigenvalue weighted by Crippen LogP contribution is 2.29. The number of hydrogen-bond donors (Lipinski definition) is 1. The fraction of sp³-hybridized carbons (Fsp3) is 0.136. The van der Waals surface area contributed by atoms with E-state index < -0.39 is 0 Å². The lowest BCUT2D eigenvalue weighted by Gasteiger charge is -2.14. The van der Waals surface area contributed by atoms with Gasteiger partial charge in [-0.1, -0.05) is 24.3 Å². The van der Waals surface area contributed by atoms with Gasteiger partial charge in [-0.3, -0.25) is 4.79 Å². The number of nitrogens with one attached hydrogen (secondary N) is 1. The second kappa shape index (κ2) is 9.28. The lowest BCUT2D eigenvalue weighted by Crippen LogP contribution is -2.13. The van der Waals surface area contributed by atoms with E-state index >= 15 is 0 Å². The van der Waals surface area contributed by atoms with Crippen LogP contribution >= 0.6 is 15.9 Å². The van der Waals surface area contributed by atoms with Crippen LogP contribution in [-0.4, -0.2) is 20.1 Å². The Morgan fingerprint density at radius 2 is 1.57 bits per heavy atom. The van der Waals surface area contributed by atoms with Crippen LogP contribution < -0.4 is 19.5 Å². The molecule has 0 aliphatic heterocycles. The number of anilines is 1. The molecular formula is C22H20BrNO4. The van der Waals surface area contributed by atoms with Gasteiger partial charge in [0.15, 0.2) is 11.5 Å². The van der Waals surface area contributed by atoms with Gasteiger partial charge in [0.25, 0.3) is 5.91 Å². The average Bonchev–Trinajstić information content (AvgIpc) is 2.73. The normalized spacial score (nSPS) is 10.2. The molecule has 0 atom stereocenters. The van der Waals surface area contributed by atoms with E-state index in [1.807, 2.05) is 48.5 Å². The molecular weight excluding hydrogens is 422 g/mol. The summed E-state index contributed by atoms with van der Waals surface area (Å²) in [5, 5.41) is 2.90. The lowest BCUT2D eigenvalue weighted by molar-refractivity contribution is 0.102. The van der Waals surface area contributed by atoms with Gasteiger partial charge < -0.3 is 19.5 Å². The Labute approximate surface area is 172 Å². The fourth-order valence-corrected chi connectivity index (χ4v) is 3.07. The molecule has 1 N–H and O–H groups in total. The van der Waals surface area contributed by atoms with E-state index in [1.165, 1.54) is 0 Å². The van der Waals surface area contributed by atoms with Crippen molar-refractivity contribution in [3.8, 4) is 17.2 Å². The molecule has 0 unspecified atom stereocenters. The van der Waals surface area contributed by atoms with Crippen LogP contribution in [0, 0.1) is 0 Å². The van der Waals surface area contributed by atoms with Gasteiger partial charge >= 0.3 is 0 Å². The number of benzene rings is 3. The molecule has 0 saturated carbocycles. The third-order valence-corrected chi connectivity index (χ3v) is 4.81. The smallest absolute Gasteiger partial charge is 0.255 e. The summed E-state index contributed by atoms with van der Waals surface area (Å²) in [6.45, 7) is 0.236. The molecule has 3 aromatic rings. The van der Waals surface area contributed by atoms with E-state index in [0.29, 0.717) is 28.5 Å². The molecule has 0 radical (unpaired) electrons. The van der Waals surface area contributed by atoms with Crippen molar-refractivity contribution in [2.24, 2.45) is 0 Å². The van der Waals surface area contributed by atoms with Crippen LogP contribution in [0.4, 0.5) is 5.69 Å². The number of para-hydroxylation sites is 3. The summed E-state index contributed by atoms with van der Waals surface area (Å²) in [7, 11) is 3.18. The Kier molecular flexibility index (Phi) is 6.55. The minimum Gasteiger partial charge on any atom is -0.496 e. The molecule has 144 valence electrons. The lowest BCUT2D eigenvalue weighted by atomic mass is 10.1. The quantitative estimate of drug-likeness (QED) is 0.540. The number of carbonyl (C=O) groups excluding carboxylic acids is 1. The zero-order valence-corrected chi connectivity index (χ0v) is 17.2. The van der Waals surface area contributed by atoms with Crippen molar-refractivity contribution in [1.29, 1.82) is 0 Å². The van der Waals surface area contributed by atoms with Gasteiger partial charge in [-0.2, -0.15) is 0 Å². The van der Waals surface area contributed by atoms with Crippen molar-refractivity contribution < 1.29 is 19.0 Å². The van der Waals surface area contributed by atoms with E-state index in [2.05, 4.69) is 21.2 Å². The van der Waals surface area contributed by atoms with E-state index in [0.717, 1.165) is 10.0 Å². The Balaban J connectivity index is 1.79. The first-order chi connectivity index (χ1) is 13.6. The Morgan fingerprint density at radius 3 is 2.29 bits per heavy atom. The van der Waals surface area contributed by atoms with Crippen molar-refractivity contribution >= 4 is 27.5 Å². The van der Waals surface area contributed by atoms with E-state index in [4.69, 9.17) is 14.2 Å². The standard InChI is InChI=1S/C22H20BrNO4/c1-26-19-12-11-15(22(25)24-18-8-4-3-7-17(18)23)13-16(19)14-28-21-10-6-5-9-20(21)27-2/h3-13H,14H2,1-2H3,(H,24,25). The van der Waals surface area contributed by atoms with E-state index in [9.17, 15) is 4.79 Å². The highest BCUT2D eigenvalue weighted by Gasteiger charge is 2.13. The molecule has 3 aromatic carbocycles. The first-order valence-corrected chi connectivity index (χ1v) is 9.40. The summed E-state index contributed by atoms with van der Waals surface area (Å²) in [4.78, 5) is 12.7. The molecule has 0 saturated heterocycles. The first kappa shape index (κ1) is 19.8. The van der Waals surface area contributed by atoms with Crippen LogP contribution in [0.5, 0.6) is 17.2 Å². The number of amides is 1. The molecule has 0 bridgehead atoms. The van der Waals surface area contributed by atoms with E-state index in [-0.39, 0.29) is 12.5 Å². The number of methoxy groups -OCH3 is 2. The van der Waals surface area contributed by atoms with Crippen LogP contribution in [0.2, 0.25) is 0 Å². The van der Waals surface area contributed by atoms with Crippen LogP contribution in [0.1, 0.15) is 15.9 Å². The second-order valence-electron chi connectivity index (χ2n) is 5.90. The van der Waals surface area contributed by atoms with Gasteiger partial charge in [-0.15, -0.1) is 0 Å². The molecule has 6 heteroatoms. The average molecular weight is 442 g/mol. The van der Waals surface area contributed by atoms with Gasteiger partial charge in [-0.05, 0) is 58.4 Å². The molecule has 0 aliphatic rings. The number of rotatable bonds is 7. The molecule has 5 nitrogen and oxygen atoms in total. The van der Waals surface area contributed by atoms with Crippen molar-refractivity contribution in [3.63, 3.8) is 0 Å². The molecule has 3 rings (SSSR count). The largest absolute Gasteiger partial charge is 0.496 e. The predicted molar refractivity (Wildman–Crippen MR) is 112 cm³/mol. The molecule has 0 aromatic heterocycles. The van der Waals surface area contributed by atoms with Crippen molar-refractivity contribution in [2.45, 2.75) is 6.61 Å². The summed E-state index contributed by atoms with van der Waals surface area (Å²) >= 11 is 3.43. The molecule has 0 heterocycles. The van der Waals surface area contributed by atoms with Crippen LogP contribution in [0.3, 0.4) is 0 Å². The summed E-state index contributed by atoms with van der Waals surface area (Å²) < 4.78 is 17.4. The minimum absolute atomic E-state index is 0.215. The number of ether oxygens (including phenoxy) is 3. The van der Waals surface area contributed by atoms with Gasteiger partial charge in [-0.25, -0.2) is 0 Å². The Bertz CT molecular complexity index is 974. The van der Waals surface area contributed by atoms with Crippen LogP contribution in [0.15, 0.2) is 71.2 Å². The number of hydrogen-bond acceptors (Lipinski definition) is 4. The van der Waals surface area contributed by atoms with Gasteiger partial charge in [0, 0.05) is 15.6 Å². The Hall–Kier alpha value is -2.99. The molecule has 28 heavy (non-hydrogen) atoms. The van der Waals surface area contributed by atoms with Crippen LogP contribution in [-0.2, 0) is 6.61 Å². The molecule has 1 amide bonds. The zero-order valence-electron chi connectivity index (χ0n) is 15.6. The second-order valence-corrected chi connectivity index (χ2v) is 6.75. The van der Waals surface area contributed by atoms with Gasteiger partial charge in [0.2, 0.25) is 0 Å². The SMILES string of the molecule is COc1ccc(C(=O)Nc2ccccc2Br)cc1COc1ccccc1OC. The highest BCUT2D eigenvalue weighted by atomic mass is 79.9. The number of halogens is 1. The summed E-state index contributed by atoms with van der Waals surface area (Å²) in [6, 6.07) is 20.1. The van der Waals surface area contributed by atoms with Gasteiger partial charge in [0.1, 0.15) is 12.4 Å². The maximum Gasteiger partial charge on any atom is 0.255 e. The molecule has 0 spiro atoms. The summed E-state index contributed by atoms with van der Waals surface area (Å²) in [5.41, 5.74) is 1.97. The zero-order chi connectivity index (χ0) is 19.9. The van der Waals surface area contributed by atoms with Crippen molar-refractivity contribution in [2.75, 3.05) is 19.5 Å². The topological polar surface area (TPSA) is 56.8 Å². The molecule has 0 aliphatic carbocycles. The van der Waals surface area contributed by atoms with Gasteiger partial charge in [0.05, 0.1) is 19.9 Å². The maximum atomic E-state index is 12.7. The summed E-state index contributed by atoms with van der Waals surface area (Å²) in [5.74, 6) is 1.69. The minimum atomic E-state index is -0.215. The maximum absolute atomic E-state index is 12.7.